The lowest BCUT2D eigenvalue weighted by atomic mass is 9.79. The van der Waals surface area contributed by atoms with Gasteiger partial charge >= 0.3 is 0 Å². The Morgan fingerprint density at radius 1 is 1.21 bits per heavy atom. The van der Waals surface area contributed by atoms with E-state index in [0.717, 1.165) is 5.92 Å². The molecule has 0 saturated heterocycles. The monoisotopic (exact) mass is 254 g/mol. The molecule has 1 aromatic rings. The van der Waals surface area contributed by atoms with Crippen LogP contribution in [0.25, 0.3) is 0 Å². The first-order valence-electron chi connectivity index (χ1n) is 7.75. The number of anilines is 1. The first kappa shape index (κ1) is 11.5. The van der Waals surface area contributed by atoms with E-state index >= 15 is 0 Å². The van der Waals surface area contributed by atoms with Gasteiger partial charge in [-0.2, -0.15) is 0 Å². The summed E-state index contributed by atoms with van der Waals surface area (Å²) < 4.78 is 0. The summed E-state index contributed by atoms with van der Waals surface area (Å²) in [6, 6.07) is 6.73. The van der Waals surface area contributed by atoms with E-state index in [1.807, 2.05) is 0 Å². The Morgan fingerprint density at radius 2 is 2.05 bits per heavy atom. The Labute approximate surface area is 115 Å². The highest BCUT2D eigenvalue weighted by Gasteiger charge is 2.38. The molecule has 0 unspecified atom stereocenters. The van der Waals surface area contributed by atoms with E-state index in [2.05, 4.69) is 30.4 Å². The van der Waals surface area contributed by atoms with Crippen molar-refractivity contribution in [2.24, 2.45) is 10.9 Å². The van der Waals surface area contributed by atoms with Crippen molar-refractivity contribution < 1.29 is 0 Å². The number of hydrogen-bond donors (Lipinski definition) is 1. The molecule has 3 aliphatic rings. The average Bonchev–Trinajstić information content (AvgIpc) is 2.43. The number of aliphatic imine (C=N–C) groups is 1. The summed E-state index contributed by atoms with van der Waals surface area (Å²) in [5.74, 6) is 0.867. The van der Waals surface area contributed by atoms with E-state index < -0.39 is 0 Å². The second-order valence-electron chi connectivity index (χ2n) is 6.59. The number of rotatable bonds is 0. The minimum Gasteiger partial charge on any atom is -0.361 e. The van der Waals surface area contributed by atoms with Gasteiger partial charge in [-0.3, -0.25) is 4.99 Å². The van der Waals surface area contributed by atoms with Crippen LogP contribution in [-0.4, -0.2) is 11.4 Å². The van der Waals surface area contributed by atoms with Crippen molar-refractivity contribution in [3.05, 3.63) is 29.3 Å². The lowest BCUT2D eigenvalue weighted by Crippen LogP contribution is -2.44. The molecule has 1 aromatic carbocycles. The fourth-order valence-corrected chi connectivity index (χ4v) is 3.95. The Balaban J connectivity index is 1.78. The van der Waals surface area contributed by atoms with Gasteiger partial charge in [-0.15, -0.1) is 0 Å². The van der Waals surface area contributed by atoms with Gasteiger partial charge in [0.25, 0.3) is 0 Å². The van der Waals surface area contributed by atoms with Crippen molar-refractivity contribution in [2.45, 2.75) is 57.5 Å². The van der Waals surface area contributed by atoms with Crippen LogP contribution in [-0.2, 0) is 6.42 Å². The number of aryl methyl sites for hydroxylation is 1. The smallest absolute Gasteiger partial charge is 0.129 e. The summed E-state index contributed by atoms with van der Waals surface area (Å²) in [6.07, 6.45) is 8.65. The van der Waals surface area contributed by atoms with Crippen LogP contribution < -0.4 is 5.32 Å². The van der Waals surface area contributed by atoms with Gasteiger partial charge in [-0.25, -0.2) is 0 Å². The molecule has 1 N–H and O–H groups in total. The Kier molecular flexibility index (Phi) is 2.48. The van der Waals surface area contributed by atoms with Gasteiger partial charge in [-0.05, 0) is 62.5 Å². The maximum absolute atomic E-state index is 5.18. The molecule has 2 heteroatoms. The van der Waals surface area contributed by atoms with E-state index in [9.17, 15) is 0 Å². The normalized spacial score (nSPS) is 32.5. The molecular formula is C17H22N2. The number of nitrogens with one attached hydrogen (secondary N) is 1. The SMILES string of the molecule is CC1CCC2(CC1)N=C1CCCc3cccc(c31)N2. The molecule has 4 rings (SSSR count). The van der Waals surface area contributed by atoms with Crippen molar-refractivity contribution in [3.8, 4) is 0 Å². The predicted octanol–water partition coefficient (Wildman–Crippen LogP) is 4.14. The molecule has 2 nitrogen and oxygen atoms in total. The molecule has 0 bridgehead atoms. The van der Waals surface area contributed by atoms with Gasteiger partial charge < -0.3 is 5.32 Å². The summed E-state index contributed by atoms with van der Waals surface area (Å²) in [5.41, 5.74) is 5.67. The number of nitrogens with zero attached hydrogens (tertiary/aromatic N) is 1. The molecule has 1 aliphatic heterocycles. The van der Waals surface area contributed by atoms with Crippen molar-refractivity contribution in [1.29, 1.82) is 0 Å². The van der Waals surface area contributed by atoms with Crippen LogP contribution in [0.5, 0.6) is 0 Å². The molecular weight excluding hydrogens is 232 g/mol. The van der Waals surface area contributed by atoms with Crippen molar-refractivity contribution in [2.75, 3.05) is 5.32 Å². The molecule has 1 heterocycles. The van der Waals surface area contributed by atoms with Crippen LogP contribution in [0.4, 0.5) is 5.69 Å². The van der Waals surface area contributed by atoms with Gasteiger partial charge in [0, 0.05) is 17.0 Å². The fourth-order valence-electron chi connectivity index (χ4n) is 3.95. The Morgan fingerprint density at radius 3 is 2.89 bits per heavy atom. The molecule has 0 radical (unpaired) electrons. The van der Waals surface area contributed by atoms with E-state index in [4.69, 9.17) is 4.99 Å². The first-order chi connectivity index (χ1) is 9.26. The summed E-state index contributed by atoms with van der Waals surface area (Å²) in [4.78, 5) is 5.18. The van der Waals surface area contributed by atoms with Gasteiger partial charge in [-0.1, -0.05) is 19.1 Å². The van der Waals surface area contributed by atoms with Crippen molar-refractivity contribution in [1.82, 2.24) is 0 Å². The third-order valence-corrected chi connectivity index (χ3v) is 5.12. The minimum atomic E-state index is 0.0187. The van der Waals surface area contributed by atoms with Gasteiger partial charge in [0.2, 0.25) is 0 Å². The van der Waals surface area contributed by atoms with Gasteiger partial charge in [0.1, 0.15) is 5.66 Å². The summed E-state index contributed by atoms with van der Waals surface area (Å²) in [7, 11) is 0. The zero-order valence-corrected chi connectivity index (χ0v) is 11.7. The lowest BCUT2D eigenvalue weighted by Gasteiger charge is -2.42. The highest BCUT2D eigenvalue weighted by molar-refractivity contribution is 6.08. The Hall–Kier alpha value is -1.31. The summed E-state index contributed by atoms with van der Waals surface area (Å²) >= 11 is 0. The molecule has 1 saturated carbocycles. The van der Waals surface area contributed by atoms with E-state index in [1.165, 1.54) is 67.5 Å². The van der Waals surface area contributed by atoms with Crippen molar-refractivity contribution >= 4 is 11.4 Å². The highest BCUT2D eigenvalue weighted by atomic mass is 15.2. The topological polar surface area (TPSA) is 24.4 Å². The molecule has 0 atom stereocenters. The molecule has 100 valence electrons. The average molecular weight is 254 g/mol. The first-order valence-corrected chi connectivity index (χ1v) is 7.75. The minimum absolute atomic E-state index is 0.0187. The maximum atomic E-state index is 5.18. The maximum Gasteiger partial charge on any atom is 0.129 e. The van der Waals surface area contributed by atoms with Crippen LogP contribution in [0.15, 0.2) is 23.2 Å². The highest BCUT2D eigenvalue weighted by Crippen LogP contribution is 2.42. The Bertz CT molecular complexity index is 536. The predicted molar refractivity (Wildman–Crippen MR) is 79.9 cm³/mol. The molecule has 0 aromatic heterocycles. The second-order valence-corrected chi connectivity index (χ2v) is 6.59. The van der Waals surface area contributed by atoms with Gasteiger partial charge in [0.05, 0.1) is 0 Å². The number of benzene rings is 1. The van der Waals surface area contributed by atoms with Crippen LogP contribution >= 0.6 is 0 Å². The zero-order valence-electron chi connectivity index (χ0n) is 11.7. The van der Waals surface area contributed by atoms with Crippen LogP contribution in [0, 0.1) is 5.92 Å². The molecule has 0 amide bonds. The second kappa shape index (κ2) is 4.09. The molecule has 2 aliphatic carbocycles. The number of hydrogen-bond acceptors (Lipinski definition) is 2. The summed E-state index contributed by atoms with van der Waals surface area (Å²) in [5, 5.41) is 3.78. The van der Waals surface area contributed by atoms with E-state index in [-0.39, 0.29) is 5.66 Å². The van der Waals surface area contributed by atoms with E-state index in [0.29, 0.717) is 0 Å². The quantitative estimate of drug-likeness (QED) is 0.739. The fraction of sp³-hybridized carbons (Fsp3) is 0.588. The van der Waals surface area contributed by atoms with Crippen LogP contribution in [0.1, 0.15) is 56.6 Å². The third-order valence-electron chi connectivity index (χ3n) is 5.12. The standard InChI is InChI=1S/C17H22N2/c1-12-8-10-17(11-9-12)18-14-6-2-4-13-5-3-7-15(19-17)16(13)14/h2,4,6,12,18H,3,5,7-11H2,1H3. The van der Waals surface area contributed by atoms with Crippen LogP contribution in [0.3, 0.4) is 0 Å². The lowest BCUT2D eigenvalue weighted by molar-refractivity contribution is 0.272. The zero-order chi connectivity index (χ0) is 12.9. The molecule has 1 spiro atoms. The summed E-state index contributed by atoms with van der Waals surface area (Å²) in [6.45, 7) is 2.37. The van der Waals surface area contributed by atoms with Gasteiger partial charge in [0.15, 0.2) is 0 Å². The molecule has 19 heavy (non-hydrogen) atoms. The van der Waals surface area contributed by atoms with E-state index in [1.54, 1.807) is 0 Å². The third kappa shape index (κ3) is 1.80. The molecule has 1 fully saturated rings. The van der Waals surface area contributed by atoms with Crippen LogP contribution in [0.2, 0.25) is 0 Å². The van der Waals surface area contributed by atoms with Crippen molar-refractivity contribution in [3.63, 3.8) is 0 Å². The largest absolute Gasteiger partial charge is 0.361 e.